The van der Waals surface area contributed by atoms with E-state index in [4.69, 9.17) is 21.4 Å². The van der Waals surface area contributed by atoms with E-state index in [1.54, 1.807) is 22.9 Å². The third-order valence-electron chi connectivity index (χ3n) is 2.53. The highest BCUT2D eigenvalue weighted by Crippen LogP contribution is 2.26. The zero-order valence-electron chi connectivity index (χ0n) is 10.0. The van der Waals surface area contributed by atoms with E-state index in [0.29, 0.717) is 17.4 Å². The van der Waals surface area contributed by atoms with Crippen LogP contribution in [0.2, 0.25) is 5.02 Å². The van der Waals surface area contributed by atoms with Crippen molar-refractivity contribution in [3.05, 3.63) is 40.9 Å². The summed E-state index contributed by atoms with van der Waals surface area (Å²) < 4.78 is 7.35. The van der Waals surface area contributed by atoms with Crippen molar-refractivity contribution in [1.29, 1.82) is 0 Å². The van der Waals surface area contributed by atoms with Crippen molar-refractivity contribution in [2.24, 2.45) is 0 Å². The Hall–Kier alpha value is -1.59. The number of benzene rings is 1. The van der Waals surface area contributed by atoms with Gasteiger partial charge in [0.2, 0.25) is 0 Å². The minimum atomic E-state index is -0.0375. The van der Waals surface area contributed by atoms with Crippen LogP contribution in [0.5, 0.6) is 5.75 Å². The second kappa shape index (κ2) is 5.84. The predicted molar refractivity (Wildman–Crippen MR) is 67.4 cm³/mol. The van der Waals surface area contributed by atoms with Gasteiger partial charge in [-0.3, -0.25) is 0 Å². The number of rotatable bonds is 5. The van der Waals surface area contributed by atoms with Crippen LogP contribution in [0, 0.1) is 0 Å². The van der Waals surface area contributed by atoms with Gasteiger partial charge in [-0.1, -0.05) is 17.7 Å². The van der Waals surface area contributed by atoms with E-state index in [1.807, 2.05) is 6.92 Å². The maximum absolute atomic E-state index is 8.98. The number of aromatic nitrogens is 3. The first-order chi connectivity index (χ1) is 8.74. The van der Waals surface area contributed by atoms with Gasteiger partial charge in [-0.2, -0.15) is 5.10 Å². The average Bonchev–Trinajstić information content (AvgIpc) is 2.84. The van der Waals surface area contributed by atoms with Gasteiger partial charge in [0.25, 0.3) is 0 Å². The Balaban J connectivity index is 2.06. The molecular formula is C12H14ClN3O2. The van der Waals surface area contributed by atoms with Crippen molar-refractivity contribution < 1.29 is 9.84 Å². The van der Waals surface area contributed by atoms with Gasteiger partial charge in [-0.25, -0.2) is 9.67 Å². The van der Waals surface area contributed by atoms with E-state index in [0.717, 1.165) is 17.9 Å². The standard InChI is InChI=1S/C12H14ClN3O2/c1-2-16-12(14-8-15-16)7-18-11-4-3-9(6-17)5-10(11)13/h3-5,8,17H,2,6-7H2,1H3. The van der Waals surface area contributed by atoms with Crippen molar-refractivity contribution in [3.63, 3.8) is 0 Å². The highest BCUT2D eigenvalue weighted by atomic mass is 35.5. The number of halogens is 1. The summed E-state index contributed by atoms with van der Waals surface area (Å²) in [4.78, 5) is 4.11. The molecule has 0 aliphatic heterocycles. The predicted octanol–water partition coefficient (Wildman–Crippen LogP) is 2.02. The van der Waals surface area contributed by atoms with Crippen LogP contribution in [0.25, 0.3) is 0 Å². The molecule has 0 saturated heterocycles. The molecule has 1 N–H and O–H groups in total. The number of hydrogen-bond acceptors (Lipinski definition) is 4. The molecule has 2 rings (SSSR count). The normalized spacial score (nSPS) is 10.6. The molecule has 6 heteroatoms. The Labute approximate surface area is 110 Å². The van der Waals surface area contributed by atoms with E-state index < -0.39 is 0 Å². The molecule has 1 heterocycles. The van der Waals surface area contributed by atoms with E-state index in [-0.39, 0.29) is 6.61 Å². The number of aliphatic hydroxyl groups is 1. The average molecular weight is 268 g/mol. The zero-order valence-corrected chi connectivity index (χ0v) is 10.8. The molecule has 1 aromatic carbocycles. The topological polar surface area (TPSA) is 60.2 Å². The quantitative estimate of drug-likeness (QED) is 0.900. The lowest BCUT2D eigenvalue weighted by molar-refractivity contribution is 0.279. The molecule has 1 aromatic heterocycles. The first kappa shape index (κ1) is 12.9. The molecule has 0 aliphatic rings. The van der Waals surface area contributed by atoms with E-state index in [9.17, 15) is 0 Å². The molecule has 96 valence electrons. The third-order valence-corrected chi connectivity index (χ3v) is 2.83. The molecule has 0 atom stereocenters. The van der Waals surface area contributed by atoms with Gasteiger partial charge in [0.1, 0.15) is 18.7 Å². The lowest BCUT2D eigenvalue weighted by atomic mass is 10.2. The zero-order chi connectivity index (χ0) is 13.0. The van der Waals surface area contributed by atoms with E-state index in [2.05, 4.69) is 10.1 Å². The molecule has 18 heavy (non-hydrogen) atoms. The minimum Gasteiger partial charge on any atom is -0.484 e. The number of aliphatic hydroxyl groups excluding tert-OH is 1. The first-order valence-electron chi connectivity index (χ1n) is 5.63. The lowest BCUT2D eigenvalue weighted by Crippen LogP contribution is -2.07. The van der Waals surface area contributed by atoms with Crippen LogP contribution < -0.4 is 4.74 Å². The second-order valence-corrected chi connectivity index (χ2v) is 4.11. The fraction of sp³-hybridized carbons (Fsp3) is 0.333. The maximum Gasteiger partial charge on any atom is 0.164 e. The summed E-state index contributed by atoms with van der Waals surface area (Å²) in [5.74, 6) is 1.32. The van der Waals surface area contributed by atoms with Gasteiger partial charge in [-0.15, -0.1) is 0 Å². The molecule has 0 spiro atoms. The van der Waals surface area contributed by atoms with Gasteiger partial charge in [0.05, 0.1) is 11.6 Å². The molecular weight excluding hydrogens is 254 g/mol. The number of hydrogen-bond donors (Lipinski definition) is 1. The Morgan fingerprint density at radius 2 is 2.28 bits per heavy atom. The fourth-order valence-electron chi connectivity index (χ4n) is 1.57. The van der Waals surface area contributed by atoms with Crippen molar-refractivity contribution in [1.82, 2.24) is 14.8 Å². The molecule has 0 radical (unpaired) electrons. The Morgan fingerprint density at radius 1 is 1.44 bits per heavy atom. The monoisotopic (exact) mass is 267 g/mol. The number of ether oxygens (including phenoxy) is 1. The molecule has 0 unspecified atom stereocenters. The largest absolute Gasteiger partial charge is 0.484 e. The summed E-state index contributed by atoms with van der Waals surface area (Å²) in [6, 6.07) is 5.19. The fourth-order valence-corrected chi connectivity index (χ4v) is 1.82. The minimum absolute atomic E-state index is 0.0375. The van der Waals surface area contributed by atoms with Crippen molar-refractivity contribution >= 4 is 11.6 Å². The maximum atomic E-state index is 8.98. The third kappa shape index (κ3) is 2.80. The lowest BCUT2D eigenvalue weighted by Gasteiger charge is -2.09. The highest BCUT2D eigenvalue weighted by Gasteiger charge is 2.06. The summed E-state index contributed by atoms with van der Waals surface area (Å²) in [5, 5.41) is 13.5. The summed E-state index contributed by atoms with van der Waals surface area (Å²) in [7, 11) is 0. The van der Waals surface area contributed by atoms with Gasteiger partial charge >= 0.3 is 0 Å². The van der Waals surface area contributed by atoms with E-state index in [1.165, 1.54) is 6.33 Å². The van der Waals surface area contributed by atoms with Crippen LogP contribution in [0.4, 0.5) is 0 Å². The van der Waals surface area contributed by atoms with Gasteiger partial charge in [-0.05, 0) is 24.6 Å². The Bertz CT molecular complexity index is 528. The molecule has 0 saturated carbocycles. The van der Waals surface area contributed by atoms with Gasteiger partial charge in [0, 0.05) is 6.54 Å². The smallest absolute Gasteiger partial charge is 0.164 e. The van der Waals surface area contributed by atoms with Crippen LogP contribution >= 0.6 is 11.6 Å². The molecule has 0 aliphatic carbocycles. The Kier molecular flexibility index (Phi) is 4.17. The summed E-state index contributed by atoms with van der Waals surface area (Å²) in [5.41, 5.74) is 0.754. The van der Waals surface area contributed by atoms with Crippen molar-refractivity contribution in [2.75, 3.05) is 0 Å². The molecule has 0 fully saturated rings. The SMILES string of the molecule is CCn1ncnc1COc1ccc(CO)cc1Cl. The highest BCUT2D eigenvalue weighted by molar-refractivity contribution is 6.32. The van der Waals surface area contributed by atoms with Gasteiger partial charge < -0.3 is 9.84 Å². The number of aryl methyl sites for hydroxylation is 1. The van der Waals surface area contributed by atoms with Crippen LogP contribution in [0.3, 0.4) is 0 Å². The molecule has 0 bridgehead atoms. The van der Waals surface area contributed by atoms with E-state index >= 15 is 0 Å². The van der Waals surface area contributed by atoms with Crippen LogP contribution in [-0.2, 0) is 19.8 Å². The van der Waals surface area contributed by atoms with Crippen molar-refractivity contribution in [2.45, 2.75) is 26.7 Å². The second-order valence-electron chi connectivity index (χ2n) is 3.70. The summed E-state index contributed by atoms with van der Waals surface area (Å²) in [6.07, 6.45) is 1.50. The van der Waals surface area contributed by atoms with Crippen LogP contribution in [0.1, 0.15) is 18.3 Å². The van der Waals surface area contributed by atoms with Crippen molar-refractivity contribution in [3.8, 4) is 5.75 Å². The first-order valence-corrected chi connectivity index (χ1v) is 6.01. The summed E-state index contributed by atoms with van der Waals surface area (Å²) >= 11 is 6.04. The van der Waals surface area contributed by atoms with Crippen LogP contribution in [0.15, 0.2) is 24.5 Å². The Morgan fingerprint density at radius 3 is 2.94 bits per heavy atom. The number of nitrogens with zero attached hydrogens (tertiary/aromatic N) is 3. The molecule has 5 nitrogen and oxygen atoms in total. The molecule has 2 aromatic rings. The summed E-state index contributed by atoms with van der Waals surface area (Å²) in [6.45, 7) is 3.01. The molecule has 0 amide bonds. The van der Waals surface area contributed by atoms with Crippen LogP contribution in [-0.4, -0.2) is 19.9 Å². The van der Waals surface area contributed by atoms with Gasteiger partial charge in [0.15, 0.2) is 5.82 Å².